The van der Waals surface area contributed by atoms with E-state index in [1.54, 1.807) is 24.7 Å². The van der Waals surface area contributed by atoms with Crippen molar-refractivity contribution in [1.82, 2.24) is 29.7 Å². The number of rotatable bonds is 17. The fourth-order valence-electron chi connectivity index (χ4n) is 3.25. The molecule has 0 bridgehead atoms. The predicted octanol–water partition coefficient (Wildman–Crippen LogP) is 1.84. The van der Waals surface area contributed by atoms with E-state index in [0.29, 0.717) is 30.2 Å². The van der Waals surface area contributed by atoms with Gasteiger partial charge in [-0.05, 0) is 34.1 Å². The van der Waals surface area contributed by atoms with Crippen molar-refractivity contribution in [2.24, 2.45) is 0 Å². The number of hydrogen-bond donors (Lipinski definition) is 3. The number of carbonyl (C=O) groups is 2. The lowest BCUT2D eigenvalue weighted by Gasteiger charge is -2.26. The molecule has 2 aromatic rings. The van der Waals surface area contributed by atoms with Crippen LogP contribution < -0.4 is 20.6 Å². The summed E-state index contributed by atoms with van der Waals surface area (Å²) in [7, 11) is -3.59. The van der Waals surface area contributed by atoms with Gasteiger partial charge in [0.1, 0.15) is 18.4 Å². The molecule has 0 amide bonds. The molecule has 0 saturated carbocycles. The Kier molecular flexibility index (Phi) is 12.2. The number of hydrogen-bond acceptors (Lipinski definition) is 11. The summed E-state index contributed by atoms with van der Waals surface area (Å²) in [4.78, 5) is 36.9. The van der Waals surface area contributed by atoms with Crippen molar-refractivity contribution >= 4 is 36.5 Å². The number of nitrogens with one attached hydrogen (secondary N) is 2. The third kappa shape index (κ3) is 9.22. The van der Waals surface area contributed by atoms with Crippen LogP contribution in [0, 0.1) is 0 Å². The van der Waals surface area contributed by atoms with Crippen molar-refractivity contribution in [1.29, 1.82) is 0 Å². The Morgan fingerprint density at radius 2 is 1.68 bits per heavy atom. The minimum absolute atomic E-state index is 0.0560. The Morgan fingerprint density at radius 1 is 1.05 bits per heavy atom. The summed E-state index contributed by atoms with van der Waals surface area (Å²) in [6.45, 7) is 9.71. The summed E-state index contributed by atoms with van der Waals surface area (Å²) in [6, 6.07) is -1.81. The number of nitrogens with zero attached hydrogens (tertiary/aromatic N) is 4. The summed E-state index contributed by atoms with van der Waals surface area (Å²) in [6.07, 6.45) is 3.10. The number of esters is 2. The molecule has 2 heterocycles. The molecule has 4 N–H and O–H groups in total. The highest BCUT2D eigenvalue weighted by molar-refractivity contribution is 7.59. The van der Waals surface area contributed by atoms with E-state index in [2.05, 4.69) is 32.1 Å². The maximum absolute atomic E-state index is 13.6. The van der Waals surface area contributed by atoms with Gasteiger partial charge in [0.15, 0.2) is 11.2 Å². The van der Waals surface area contributed by atoms with E-state index in [0.717, 1.165) is 12.8 Å². The SMILES string of the molecule is CCCCOc1nc(N)nc2c1ncn2CCOCP(=O)(N[C@@H](C)C(=O)OCC)N[C@@H](C)C(=O)OCC. The van der Waals surface area contributed by atoms with Crippen LogP contribution in [0.2, 0.25) is 0 Å². The normalized spacial score (nSPS) is 13.3. The summed E-state index contributed by atoms with van der Waals surface area (Å²) >= 11 is 0. The molecular formula is C22H38N7O7P. The van der Waals surface area contributed by atoms with Gasteiger partial charge in [0.25, 0.3) is 0 Å². The lowest BCUT2D eigenvalue weighted by Crippen LogP contribution is -2.42. The van der Waals surface area contributed by atoms with Gasteiger partial charge in [0.05, 0.1) is 32.8 Å². The molecule has 0 spiro atoms. The standard InChI is InChI=1S/C22H38N7O7P/c1-6-9-11-36-19-17-18(25-22(23)26-19)29(13-24-17)10-12-33-14-37(32,27-15(4)20(30)34-7-2)28-16(5)21(31)35-8-3/h13,15-16H,6-12,14H2,1-5H3,(H2,23,25,26)(H2,27,28,32)/t15-,16-/m0/s1. The van der Waals surface area contributed by atoms with Crippen LogP contribution >= 0.6 is 7.44 Å². The summed E-state index contributed by atoms with van der Waals surface area (Å²) in [5.74, 6) is -0.783. The van der Waals surface area contributed by atoms with Crippen LogP contribution in [0.15, 0.2) is 6.33 Å². The predicted molar refractivity (Wildman–Crippen MR) is 137 cm³/mol. The van der Waals surface area contributed by atoms with Crippen molar-refractivity contribution in [2.45, 2.75) is 66.1 Å². The number of ether oxygens (including phenoxy) is 4. The van der Waals surface area contributed by atoms with Crippen LogP contribution in [0.5, 0.6) is 5.88 Å². The van der Waals surface area contributed by atoms with Crippen LogP contribution in [0.3, 0.4) is 0 Å². The van der Waals surface area contributed by atoms with Gasteiger partial charge >= 0.3 is 11.9 Å². The molecule has 0 fully saturated rings. The van der Waals surface area contributed by atoms with Crippen molar-refractivity contribution < 1.29 is 33.1 Å². The lowest BCUT2D eigenvalue weighted by atomic mass is 10.4. The zero-order valence-corrected chi connectivity index (χ0v) is 23.0. The highest BCUT2D eigenvalue weighted by Crippen LogP contribution is 2.37. The molecule has 14 nitrogen and oxygen atoms in total. The van der Waals surface area contributed by atoms with E-state index >= 15 is 0 Å². The molecule has 2 atom stereocenters. The average molecular weight is 544 g/mol. The van der Waals surface area contributed by atoms with Gasteiger partial charge in [-0.25, -0.2) is 15.2 Å². The molecule has 2 rings (SSSR count). The van der Waals surface area contributed by atoms with E-state index in [1.807, 2.05) is 0 Å². The van der Waals surface area contributed by atoms with E-state index in [-0.39, 0.29) is 32.1 Å². The molecule has 15 heteroatoms. The van der Waals surface area contributed by atoms with Crippen molar-refractivity contribution in [3.8, 4) is 5.88 Å². The Hall–Kier alpha value is -2.80. The molecule has 0 saturated heterocycles. The molecule has 0 aromatic carbocycles. The molecule has 0 unspecified atom stereocenters. The van der Waals surface area contributed by atoms with Gasteiger partial charge in [-0.2, -0.15) is 9.97 Å². The number of aromatic nitrogens is 4. The first-order valence-electron chi connectivity index (χ1n) is 12.3. The van der Waals surface area contributed by atoms with Gasteiger partial charge in [-0.15, -0.1) is 0 Å². The number of anilines is 1. The largest absolute Gasteiger partial charge is 0.476 e. The van der Waals surface area contributed by atoms with Crippen LogP contribution in [0.25, 0.3) is 11.2 Å². The highest BCUT2D eigenvalue weighted by Gasteiger charge is 2.32. The second kappa shape index (κ2) is 14.8. The summed E-state index contributed by atoms with van der Waals surface area (Å²) in [5, 5.41) is 5.47. The molecule has 0 aliphatic carbocycles. The van der Waals surface area contributed by atoms with E-state index in [9.17, 15) is 14.2 Å². The van der Waals surface area contributed by atoms with E-state index in [1.165, 1.54) is 13.8 Å². The van der Waals surface area contributed by atoms with Crippen molar-refractivity contribution in [3.05, 3.63) is 6.33 Å². The minimum atomic E-state index is -3.59. The Labute approximate surface area is 216 Å². The third-order valence-electron chi connectivity index (χ3n) is 5.02. The van der Waals surface area contributed by atoms with Crippen LogP contribution in [-0.4, -0.2) is 76.3 Å². The number of nitrogens with two attached hydrogens (primary N) is 1. The zero-order valence-electron chi connectivity index (χ0n) is 22.1. The molecule has 37 heavy (non-hydrogen) atoms. The van der Waals surface area contributed by atoms with Crippen LogP contribution in [0.4, 0.5) is 5.95 Å². The first kappa shape index (κ1) is 30.4. The van der Waals surface area contributed by atoms with Gasteiger partial charge in [0, 0.05) is 6.54 Å². The van der Waals surface area contributed by atoms with Gasteiger partial charge in [-0.1, -0.05) is 13.3 Å². The smallest absolute Gasteiger partial charge is 0.323 e. The Balaban J connectivity index is 2.07. The van der Waals surface area contributed by atoms with Crippen LogP contribution in [-0.2, 0) is 34.9 Å². The van der Waals surface area contributed by atoms with Gasteiger partial charge in [0.2, 0.25) is 19.3 Å². The van der Waals surface area contributed by atoms with E-state index < -0.39 is 31.5 Å². The summed E-state index contributed by atoms with van der Waals surface area (Å²) < 4.78 is 36.7. The molecule has 0 aliphatic rings. The molecule has 208 valence electrons. The first-order chi connectivity index (χ1) is 17.6. The van der Waals surface area contributed by atoms with Crippen molar-refractivity contribution in [2.75, 3.05) is 38.5 Å². The number of carbonyl (C=O) groups excluding carboxylic acids is 2. The second-order valence-corrected chi connectivity index (χ2v) is 10.4. The molecule has 2 aromatic heterocycles. The third-order valence-corrected chi connectivity index (χ3v) is 7.18. The maximum atomic E-state index is 13.6. The van der Waals surface area contributed by atoms with Crippen molar-refractivity contribution in [3.63, 3.8) is 0 Å². The van der Waals surface area contributed by atoms with Gasteiger partial charge in [-0.3, -0.25) is 14.2 Å². The number of nitrogen functional groups attached to an aromatic ring is 1. The monoisotopic (exact) mass is 543 g/mol. The quantitative estimate of drug-likeness (QED) is 0.149. The molecule has 0 aliphatic heterocycles. The summed E-state index contributed by atoms with van der Waals surface area (Å²) in [5.41, 5.74) is 6.81. The second-order valence-electron chi connectivity index (χ2n) is 8.18. The minimum Gasteiger partial charge on any atom is -0.476 e. The topological polar surface area (TPSA) is 182 Å². The number of fused-ring (bicyclic) bond motifs is 1. The number of unbranched alkanes of at least 4 members (excludes halogenated alkanes) is 1. The van der Waals surface area contributed by atoms with Gasteiger partial charge < -0.3 is 29.2 Å². The molecular weight excluding hydrogens is 505 g/mol. The zero-order chi connectivity index (χ0) is 27.4. The molecule has 0 radical (unpaired) electrons. The Bertz CT molecular complexity index is 1050. The Morgan fingerprint density at radius 3 is 2.24 bits per heavy atom. The van der Waals surface area contributed by atoms with E-state index in [4.69, 9.17) is 24.7 Å². The first-order valence-corrected chi connectivity index (χ1v) is 14.2. The highest BCUT2D eigenvalue weighted by atomic mass is 31.2. The maximum Gasteiger partial charge on any atom is 0.323 e. The lowest BCUT2D eigenvalue weighted by molar-refractivity contribution is -0.145. The fourth-order valence-corrected chi connectivity index (χ4v) is 5.32. The fraction of sp³-hybridized carbons (Fsp3) is 0.682. The number of imidazole rings is 1. The average Bonchev–Trinajstić information content (AvgIpc) is 3.24. The van der Waals surface area contributed by atoms with Crippen LogP contribution in [0.1, 0.15) is 47.5 Å².